The second-order valence-corrected chi connectivity index (χ2v) is 7.73. The Morgan fingerprint density at radius 1 is 1.53 bits per heavy atom. The summed E-state index contributed by atoms with van der Waals surface area (Å²) >= 11 is 7.06. The van der Waals surface area contributed by atoms with Crippen LogP contribution in [0.3, 0.4) is 0 Å². The van der Waals surface area contributed by atoms with Gasteiger partial charge in [-0.1, -0.05) is 11.6 Å². The number of hydrogen-bond acceptors (Lipinski definition) is 4. The molecule has 2 atom stereocenters. The molecule has 1 fully saturated rings. The predicted molar refractivity (Wildman–Crippen MR) is 61.0 cm³/mol. The van der Waals surface area contributed by atoms with Crippen LogP contribution in [0, 0.1) is 5.92 Å². The molecule has 1 aliphatic rings. The topological polar surface area (TPSA) is 54.4 Å². The maximum Gasteiger partial charge on any atom is 0.150 e. The van der Waals surface area contributed by atoms with Crippen LogP contribution < -0.4 is 0 Å². The molecule has 1 saturated heterocycles. The molecule has 1 aliphatic heterocycles. The Morgan fingerprint density at radius 2 is 2.27 bits per heavy atom. The van der Waals surface area contributed by atoms with Gasteiger partial charge in [-0.15, -0.1) is 11.3 Å². The number of sulfone groups is 1. The van der Waals surface area contributed by atoms with Gasteiger partial charge in [0.1, 0.15) is 0 Å². The van der Waals surface area contributed by atoms with Crippen molar-refractivity contribution in [3.63, 3.8) is 0 Å². The number of hydrogen-bond donors (Lipinski definition) is 1. The summed E-state index contributed by atoms with van der Waals surface area (Å²) in [6.45, 7) is 0. The highest BCUT2D eigenvalue weighted by molar-refractivity contribution is 7.91. The zero-order valence-corrected chi connectivity index (χ0v) is 10.3. The van der Waals surface area contributed by atoms with Crippen molar-refractivity contribution in [1.29, 1.82) is 0 Å². The standard InChI is InChI=1S/C9H11ClO3S2/c10-8-2-1-7(14-8)9(11)6-3-4-15(12,13)5-6/h1-2,6,9,11H,3-5H2. The fraction of sp³-hybridized carbons (Fsp3) is 0.556. The molecular weight excluding hydrogens is 256 g/mol. The zero-order chi connectivity index (χ0) is 11.1. The van der Waals surface area contributed by atoms with Crippen LogP contribution in [0.2, 0.25) is 4.34 Å². The summed E-state index contributed by atoms with van der Waals surface area (Å²) in [4.78, 5) is 0.752. The quantitative estimate of drug-likeness (QED) is 0.889. The first-order valence-corrected chi connectivity index (χ1v) is 7.63. The Balaban J connectivity index is 2.13. The van der Waals surface area contributed by atoms with Gasteiger partial charge in [-0.2, -0.15) is 0 Å². The minimum atomic E-state index is -2.93. The Hall–Kier alpha value is -0.100. The van der Waals surface area contributed by atoms with Crippen molar-refractivity contribution in [2.75, 3.05) is 11.5 Å². The van der Waals surface area contributed by atoms with Gasteiger partial charge >= 0.3 is 0 Å². The molecule has 0 aliphatic carbocycles. The van der Waals surface area contributed by atoms with E-state index in [9.17, 15) is 13.5 Å². The van der Waals surface area contributed by atoms with Crippen LogP contribution in [0.15, 0.2) is 12.1 Å². The van der Waals surface area contributed by atoms with E-state index in [1.165, 1.54) is 11.3 Å². The lowest BCUT2D eigenvalue weighted by Gasteiger charge is -2.14. The molecule has 84 valence electrons. The van der Waals surface area contributed by atoms with Crippen molar-refractivity contribution in [2.24, 2.45) is 5.92 Å². The molecule has 2 rings (SSSR count). The minimum Gasteiger partial charge on any atom is -0.387 e. The molecule has 1 aromatic rings. The monoisotopic (exact) mass is 266 g/mol. The van der Waals surface area contributed by atoms with Crippen LogP contribution in [-0.4, -0.2) is 25.0 Å². The van der Waals surface area contributed by atoms with Gasteiger partial charge < -0.3 is 5.11 Å². The van der Waals surface area contributed by atoms with E-state index in [1.54, 1.807) is 12.1 Å². The van der Waals surface area contributed by atoms with Crippen LogP contribution >= 0.6 is 22.9 Å². The normalized spacial score (nSPS) is 26.7. The summed E-state index contributed by atoms with van der Waals surface area (Å²) in [6.07, 6.45) is -0.154. The second-order valence-electron chi connectivity index (χ2n) is 3.75. The maximum atomic E-state index is 11.2. The average molecular weight is 267 g/mol. The third-order valence-corrected chi connectivity index (χ3v) is 5.70. The lowest BCUT2D eigenvalue weighted by Crippen LogP contribution is -2.13. The molecule has 0 bridgehead atoms. The van der Waals surface area contributed by atoms with Gasteiger partial charge in [-0.3, -0.25) is 0 Å². The first-order chi connectivity index (χ1) is 6.98. The summed E-state index contributed by atoms with van der Waals surface area (Å²) in [5.41, 5.74) is 0. The van der Waals surface area contributed by atoms with E-state index < -0.39 is 15.9 Å². The highest BCUT2D eigenvalue weighted by Crippen LogP contribution is 2.35. The van der Waals surface area contributed by atoms with E-state index in [0.717, 1.165) is 4.88 Å². The van der Waals surface area contributed by atoms with E-state index in [-0.39, 0.29) is 17.4 Å². The number of thiophene rings is 1. The van der Waals surface area contributed by atoms with Gasteiger partial charge in [0, 0.05) is 10.8 Å². The van der Waals surface area contributed by atoms with Gasteiger partial charge in [0.05, 0.1) is 21.9 Å². The van der Waals surface area contributed by atoms with E-state index >= 15 is 0 Å². The molecule has 0 spiro atoms. The fourth-order valence-electron chi connectivity index (χ4n) is 1.79. The largest absolute Gasteiger partial charge is 0.387 e. The van der Waals surface area contributed by atoms with Crippen molar-refractivity contribution in [1.82, 2.24) is 0 Å². The van der Waals surface area contributed by atoms with Crippen LogP contribution in [0.4, 0.5) is 0 Å². The molecular formula is C9H11ClO3S2. The summed E-state index contributed by atoms with van der Waals surface area (Å²) in [7, 11) is -2.93. The molecule has 0 radical (unpaired) electrons. The van der Waals surface area contributed by atoms with Crippen LogP contribution in [-0.2, 0) is 9.84 Å². The highest BCUT2D eigenvalue weighted by atomic mass is 35.5. The third-order valence-electron chi connectivity index (χ3n) is 2.60. The van der Waals surface area contributed by atoms with Crippen molar-refractivity contribution >= 4 is 32.8 Å². The molecule has 2 heterocycles. The molecule has 1 N–H and O–H groups in total. The first-order valence-electron chi connectivity index (χ1n) is 4.62. The van der Waals surface area contributed by atoms with E-state index in [0.29, 0.717) is 10.8 Å². The maximum absolute atomic E-state index is 11.2. The molecule has 15 heavy (non-hydrogen) atoms. The Morgan fingerprint density at radius 3 is 2.73 bits per heavy atom. The minimum absolute atomic E-state index is 0.0870. The molecule has 0 aromatic carbocycles. The van der Waals surface area contributed by atoms with Gasteiger partial charge in [0.15, 0.2) is 9.84 Å². The molecule has 6 heteroatoms. The van der Waals surface area contributed by atoms with Crippen molar-refractivity contribution in [3.05, 3.63) is 21.3 Å². The van der Waals surface area contributed by atoms with Gasteiger partial charge in [0.25, 0.3) is 0 Å². The summed E-state index contributed by atoms with van der Waals surface area (Å²) in [5.74, 6) is 0.0991. The van der Waals surface area contributed by atoms with Crippen LogP contribution in [0.1, 0.15) is 17.4 Å². The van der Waals surface area contributed by atoms with Crippen molar-refractivity contribution < 1.29 is 13.5 Å². The van der Waals surface area contributed by atoms with E-state index in [4.69, 9.17) is 11.6 Å². The van der Waals surface area contributed by atoms with Crippen molar-refractivity contribution in [2.45, 2.75) is 12.5 Å². The van der Waals surface area contributed by atoms with E-state index in [1.807, 2.05) is 0 Å². The van der Waals surface area contributed by atoms with Gasteiger partial charge in [0.2, 0.25) is 0 Å². The summed E-state index contributed by atoms with van der Waals surface area (Å²) < 4.78 is 23.1. The van der Waals surface area contributed by atoms with Gasteiger partial charge in [-0.25, -0.2) is 8.42 Å². The molecule has 0 saturated carbocycles. The molecule has 0 amide bonds. The number of aliphatic hydroxyl groups excluding tert-OH is 1. The van der Waals surface area contributed by atoms with Gasteiger partial charge in [-0.05, 0) is 18.6 Å². The summed E-state index contributed by atoms with van der Waals surface area (Å²) in [5, 5.41) is 9.95. The SMILES string of the molecule is O=S1(=O)CCC(C(O)c2ccc(Cl)s2)C1. The fourth-order valence-corrected chi connectivity index (χ4v) is 4.76. The Labute approximate surface area is 97.6 Å². The number of rotatable bonds is 2. The van der Waals surface area contributed by atoms with E-state index in [2.05, 4.69) is 0 Å². The van der Waals surface area contributed by atoms with Crippen LogP contribution in [0.25, 0.3) is 0 Å². The third kappa shape index (κ3) is 2.53. The second kappa shape index (κ2) is 4.05. The Bertz CT molecular complexity index is 452. The number of aliphatic hydroxyl groups is 1. The smallest absolute Gasteiger partial charge is 0.150 e. The highest BCUT2D eigenvalue weighted by Gasteiger charge is 2.34. The van der Waals surface area contributed by atoms with Crippen LogP contribution in [0.5, 0.6) is 0 Å². The lowest BCUT2D eigenvalue weighted by atomic mass is 10.0. The predicted octanol–water partition coefficient (Wildman–Crippen LogP) is 1.87. The lowest BCUT2D eigenvalue weighted by molar-refractivity contribution is 0.124. The zero-order valence-electron chi connectivity index (χ0n) is 7.89. The first kappa shape index (κ1) is 11.4. The Kier molecular flexibility index (Phi) is 3.07. The average Bonchev–Trinajstić information content (AvgIpc) is 2.71. The summed E-state index contributed by atoms with van der Waals surface area (Å²) in [6, 6.07) is 3.47. The van der Waals surface area contributed by atoms with Crippen molar-refractivity contribution in [3.8, 4) is 0 Å². The molecule has 1 aromatic heterocycles. The molecule has 2 unspecified atom stereocenters. The molecule has 3 nitrogen and oxygen atoms in total. The number of halogens is 1.